The van der Waals surface area contributed by atoms with Gasteiger partial charge in [-0.2, -0.15) is 0 Å². The summed E-state index contributed by atoms with van der Waals surface area (Å²) >= 11 is 0. The van der Waals surface area contributed by atoms with Crippen LogP contribution in [0.15, 0.2) is 0 Å². The van der Waals surface area contributed by atoms with E-state index in [4.69, 9.17) is 0 Å². The van der Waals surface area contributed by atoms with Gasteiger partial charge < -0.3 is 14.2 Å². The van der Waals surface area contributed by atoms with E-state index in [9.17, 15) is 14.4 Å². The summed E-state index contributed by atoms with van der Waals surface area (Å²) in [6, 6.07) is 0. The van der Waals surface area contributed by atoms with E-state index >= 15 is 0 Å². The van der Waals surface area contributed by atoms with Crippen LogP contribution in [-0.2, 0) is 28.6 Å². The largest absolute Gasteiger partial charge is 0.466 e. The van der Waals surface area contributed by atoms with Gasteiger partial charge >= 0.3 is 11.9 Å². The molecule has 0 fully saturated rings. The summed E-state index contributed by atoms with van der Waals surface area (Å²) in [5, 5.41) is 0. The Bertz CT molecular complexity index is 199. The number of carbonyl (C=O) groups is 3. The first-order chi connectivity index (χ1) is 6.11. The Morgan fingerprint density at radius 3 is 2.54 bits per heavy atom. The lowest BCUT2D eigenvalue weighted by Crippen LogP contribution is -2.27. The van der Waals surface area contributed by atoms with Crippen molar-refractivity contribution in [2.24, 2.45) is 0 Å². The molecule has 1 unspecified atom stereocenters. The van der Waals surface area contributed by atoms with Gasteiger partial charge in [0.25, 0.3) is 6.47 Å². The van der Waals surface area contributed by atoms with Gasteiger partial charge in [-0.25, -0.2) is 9.59 Å². The van der Waals surface area contributed by atoms with Crippen LogP contribution in [0, 0.1) is 0 Å². The monoisotopic (exact) mass is 190 g/mol. The first-order valence-corrected chi connectivity index (χ1v) is 3.44. The van der Waals surface area contributed by atoms with E-state index in [0.29, 0.717) is 0 Å². The second-order valence-corrected chi connectivity index (χ2v) is 2.06. The molecule has 6 heteroatoms. The molecule has 0 radical (unpaired) electrons. The fourth-order valence-electron chi connectivity index (χ4n) is 0.547. The highest BCUT2D eigenvalue weighted by Crippen LogP contribution is 1.94. The molecule has 0 aliphatic rings. The lowest BCUT2D eigenvalue weighted by atomic mass is 10.4. The summed E-state index contributed by atoms with van der Waals surface area (Å²) in [5.74, 6) is -1.47. The Morgan fingerprint density at radius 2 is 2.08 bits per heavy atom. The number of hydrogen-bond acceptors (Lipinski definition) is 6. The number of hydrogen-bond donors (Lipinski definition) is 0. The minimum absolute atomic E-state index is 0.115. The SMILES string of the molecule is COC(=O)C(C)OC(=O)COC=O. The van der Waals surface area contributed by atoms with Gasteiger partial charge in [0.1, 0.15) is 0 Å². The standard InChI is InChI=1S/C7H10O6/c1-5(7(10)11-2)13-6(9)3-12-4-8/h4-5H,3H2,1-2H3. The second kappa shape index (κ2) is 5.99. The Kier molecular flexibility index (Phi) is 5.25. The van der Waals surface area contributed by atoms with Crippen molar-refractivity contribution >= 4 is 18.4 Å². The molecular formula is C7H10O6. The lowest BCUT2D eigenvalue weighted by molar-refractivity contribution is -0.168. The molecule has 0 aliphatic heterocycles. The summed E-state index contributed by atoms with van der Waals surface area (Å²) in [6.07, 6.45) is -0.993. The van der Waals surface area contributed by atoms with Gasteiger partial charge in [-0.3, -0.25) is 4.79 Å². The number of esters is 2. The summed E-state index contributed by atoms with van der Waals surface area (Å²) in [6.45, 7) is 0.958. The normalized spacial score (nSPS) is 11.2. The molecule has 0 N–H and O–H groups in total. The van der Waals surface area contributed by atoms with Gasteiger partial charge in [-0.1, -0.05) is 0 Å². The van der Waals surface area contributed by atoms with Gasteiger partial charge in [-0.05, 0) is 6.92 Å². The number of carbonyl (C=O) groups excluding carboxylic acids is 3. The van der Waals surface area contributed by atoms with Crippen molar-refractivity contribution < 1.29 is 28.6 Å². The summed E-state index contributed by atoms with van der Waals surface area (Å²) < 4.78 is 12.9. The molecular weight excluding hydrogens is 180 g/mol. The van der Waals surface area contributed by atoms with Crippen LogP contribution in [0.4, 0.5) is 0 Å². The Labute approximate surface area is 74.8 Å². The van der Waals surface area contributed by atoms with Crippen LogP contribution < -0.4 is 0 Å². The predicted molar refractivity (Wildman–Crippen MR) is 39.6 cm³/mol. The minimum atomic E-state index is -0.993. The Hall–Kier alpha value is -1.59. The molecule has 0 bridgehead atoms. The molecule has 0 aromatic carbocycles. The number of ether oxygens (including phenoxy) is 3. The second-order valence-electron chi connectivity index (χ2n) is 2.06. The summed E-state index contributed by atoms with van der Waals surface area (Å²) in [7, 11) is 1.18. The van der Waals surface area contributed by atoms with Crippen LogP contribution in [0.25, 0.3) is 0 Å². The molecule has 13 heavy (non-hydrogen) atoms. The molecule has 0 amide bonds. The molecule has 0 aromatic rings. The fraction of sp³-hybridized carbons (Fsp3) is 0.571. The van der Waals surface area contributed by atoms with Crippen LogP contribution in [0.2, 0.25) is 0 Å². The molecule has 74 valence electrons. The molecule has 1 atom stereocenters. The molecule has 0 spiro atoms. The van der Waals surface area contributed by atoms with Crippen molar-refractivity contribution in [3.8, 4) is 0 Å². The van der Waals surface area contributed by atoms with Crippen LogP contribution in [-0.4, -0.2) is 38.2 Å². The van der Waals surface area contributed by atoms with Gasteiger partial charge in [0.15, 0.2) is 12.7 Å². The molecule has 0 heterocycles. The Morgan fingerprint density at radius 1 is 1.46 bits per heavy atom. The highest BCUT2D eigenvalue weighted by atomic mass is 16.6. The third-order valence-corrected chi connectivity index (χ3v) is 1.11. The van der Waals surface area contributed by atoms with E-state index in [-0.39, 0.29) is 6.47 Å². The maximum Gasteiger partial charge on any atom is 0.346 e. The van der Waals surface area contributed by atoms with Gasteiger partial charge in [0, 0.05) is 0 Å². The average Bonchev–Trinajstić information content (AvgIpc) is 2.13. The molecule has 0 saturated heterocycles. The van der Waals surface area contributed by atoms with Gasteiger partial charge in [0.2, 0.25) is 0 Å². The quantitative estimate of drug-likeness (QED) is 0.323. The average molecular weight is 190 g/mol. The van der Waals surface area contributed by atoms with E-state index in [1.807, 2.05) is 0 Å². The van der Waals surface area contributed by atoms with E-state index in [1.165, 1.54) is 14.0 Å². The molecule has 0 saturated carbocycles. The van der Waals surface area contributed by atoms with Crippen molar-refractivity contribution in [2.45, 2.75) is 13.0 Å². The summed E-state index contributed by atoms with van der Waals surface area (Å²) in [5.41, 5.74) is 0. The van der Waals surface area contributed by atoms with Crippen molar-refractivity contribution in [2.75, 3.05) is 13.7 Å². The maximum atomic E-state index is 10.7. The zero-order valence-corrected chi connectivity index (χ0v) is 7.31. The van der Waals surface area contributed by atoms with Crippen molar-refractivity contribution in [3.05, 3.63) is 0 Å². The van der Waals surface area contributed by atoms with Gasteiger partial charge in [0.05, 0.1) is 7.11 Å². The van der Waals surface area contributed by atoms with Gasteiger partial charge in [-0.15, -0.1) is 0 Å². The molecule has 0 aromatic heterocycles. The van der Waals surface area contributed by atoms with Crippen LogP contribution >= 0.6 is 0 Å². The first kappa shape index (κ1) is 11.4. The molecule has 0 rings (SSSR count). The third-order valence-electron chi connectivity index (χ3n) is 1.11. The molecule has 6 nitrogen and oxygen atoms in total. The van der Waals surface area contributed by atoms with Crippen LogP contribution in [0.1, 0.15) is 6.92 Å². The highest BCUT2D eigenvalue weighted by Gasteiger charge is 2.17. The zero-order valence-electron chi connectivity index (χ0n) is 7.31. The number of rotatable bonds is 5. The zero-order chi connectivity index (χ0) is 10.3. The fourth-order valence-corrected chi connectivity index (χ4v) is 0.547. The minimum Gasteiger partial charge on any atom is -0.466 e. The maximum absolute atomic E-state index is 10.7. The van der Waals surface area contributed by atoms with Crippen LogP contribution in [0.5, 0.6) is 0 Å². The van der Waals surface area contributed by atoms with E-state index in [0.717, 1.165) is 0 Å². The molecule has 0 aliphatic carbocycles. The number of methoxy groups -OCH3 is 1. The smallest absolute Gasteiger partial charge is 0.346 e. The van der Waals surface area contributed by atoms with Crippen molar-refractivity contribution in [1.82, 2.24) is 0 Å². The first-order valence-electron chi connectivity index (χ1n) is 3.44. The third kappa shape index (κ3) is 4.78. The van der Waals surface area contributed by atoms with Crippen molar-refractivity contribution in [1.29, 1.82) is 0 Å². The predicted octanol–water partition coefficient (Wildman–Crippen LogP) is -0.736. The summed E-state index contributed by atoms with van der Waals surface area (Å²) in [4.78, 5) is 31.1. The van der Waals surface area contributed by atoms with E-state index < -0.39 is 24.6 Å². The van der Waals surface area contributed by atoms with Crippen molar-refractivity contribution in [3.63, 3.8) is 0 Å². The Balaban J connectivity index is 3.77. The van der Waals surface area contributed by atoms with Crippen LogP contribution in [0.3, 0.4) is 0 Å². The lowest BCUT2D eigenvalue weighted by Gasteiger charge is -2.09. The topological polar surface area (TPSA) is 78.9 Å². The highest BCUT2D eigenvalue weighted by molar-refractivity contribution is 5.79. The van der Waals surface area contributed by atoms with E-state index in [1.54, 1.807) is 0 Å². The van der Waals surface area contributed by atoms with E-state index in [2.05, 4.69) is 14.2 Å².